The highest BCUT2D eigenvalue weighted by Crippen LogP contribution is 2.47. The molecule has 2 unspecified atom stereocenters. The number of hydrogen-bond donors (Lipinski definition) is 1. The standard InChI is InChI=1S/C12H22O/c1-8(2)12(13)11-7-9-3-5-10(11)6-4-9/h8-13H,3-7H2,1-2H3. The Balaban J connectivity index is 2.00. The number of rotatable bonds is 2. The van der Waals surface area contributed by atoms with Gasteiger partial charge in [-0.25, -0.2) is 0 Å². The van der Waals surface area contributed by atoms with Crippen molar-refractivity contribution in [2.45, 2.75) is 52.1 Å². The maximum atomic E-state index is 10.1. The van der Waals surface area contributed by atoms with Gasteiger partial charge in [0, 0.05) is 0 Å². The number of aliphatic hydroxyl groups is 1. The van der Waals surface area contributed by atoms with Crippen LogP contribution >= 0.6 is 0 Å². The Morgan fingerprint density at radius 1 is 1.08 bits per heavy atom. The minimum absolute atomic E-state index is 0.0342. The molecular formula is C12H22O. The summed E-state index contributed by atoms with van der Waals surface area (Å²) in [5.41, 5.74) is 0. The molecule has 1 N–H and O–H groups in total. The summed E-state index contributed by atoms with van der Waals surface area (Å²) in [7, 11) is 0. The van der Waals surface area contributed by atoms with Gasteiger partial charge in [-0.2, -0.15) is 0 Å². The summed E-state index contributed by atoms with van der Waals surface area (Å²) < 4.78 is 0. The van der Waals surface area contributed by atoms with Crippen molar-refractivity contribution in [2.24, 2.45) is 23.7 Å². The van der Waals surface area contributed by atoms with Crippen molar-refractivity contribution in [3.05, 3.63) is 0 Å². The molecule has 0 aromatic heterocycles. The third-order valence-electron chi connectivity index (χ3n) is 4.22. The summed E-state index contributed by atoms with van der Waals surface area (Å²) >= 11 is 0. The largest absolute Gasteiger partial charge is 0.393 e. The second-order valence-corrected chi connectivity index (χ2v) is 5.41. The Kier molecular flexibility index (Phi) is 2.64. The van der Waals surface area contributed by atoms with Crippen LogP contribution in [0.2, 0.25) is 0 Å². The van der Waals surface area contributed by atoms with E-state index in [-0.39, 0.29) is 6.10 Å². The first-order chi connectivity index (χ1) is 6.18. The van der Waals surface area contributed by atoms with Crippen molar-refractivity contribution < 1.29 is 5.11 Å². The van der Waals surface area contributed by atoms with Gasteiger partial charge in [-0.05, 0) is 42.9 Å². The Morgan fingerprint density at radius 3 is 2.08 bits per heavy atom. The van der Waals surface area contributed by atoms with Gasteiger partial charge in [-0.3, -0.25) is 0 Å². The summed E-state index contributed by atoms with van der Waals surface area (Å²) in [5.74, 6) is 2.88. The molecule has 1 nitrogen and oxygen atoms in total. The zero-order valence-corrected chi connectivity index (χ0v) is 8.87. The highest BCUT2D eigenvalue weighted by Gasteiger charge is 2.39. The lowest BCUT2D eigenvalue weighted by Gasteiger charge is -2.45. The first kappa shape index (κ1) is 9.51. The van der Waals surface area contributed by atoms with E-state index in [1.807, 2.05) is 0 Å². The van der Waals surface area contributed by atoms with E-state index in [0.29, 0.717) is 11.8 Å². The van der Waals surface area contributed by atoms with Gasteiger partial charge < -0.3 is 5.11 Å². The molecule has 0 aromatic carbocycles. The van der Waals surface area contributed by atoms with Gasteiger partial charge in [0.1, 0.15) is 0 Å². The normalized spacial score (nSPS) is 41.1. The molecule has 0 amide bonds. The van der Waals surface area contributed by atoms with Crippen LogP contribution in [-0.2, 0) is 0 Å². The lowest BCUT2D eigenvalue weighted by atomic mass is 9.62. The number of aliphatic hydroxyl groups excluding tert-OH is 1. The molecule has 3 rings (SSSR count). The lowest BCUT2D eigenvalue weighted by Crippen LogP contribution is -2.40. The zero-order chi connectivity index (χ0) is 9.42. The van der Waals surface area contributed by atoms with Gasteiger partial charge in [-0.1, -0.05) is 26.7 Å². The van der Waals surface area contributed by atoms with Crippen LogP contribution < -0.4 is 0 Å². The molecule has 76 valence electrons. The van der Waals surface area contributed by atoms with Gasteiger partial charge in [0.2, 0.25) is 0 Å². The van der Waals surface area contributed by atoms with Gasteiger partial charge in [0.25, 0.3) is 0 Å². The molecule has 3 saturated carbocycles. The third-order valence-corrected chi connectivity index (χ3v) is 4.22. The maximum Gasteiger partial charge on any atom is 0.0594 e. The van der Waals surface area contributed by atoms with E-state index < -0.39 is 0 Å². The summed E-state index contributed by atoms with van der Waals surface area (Å²) in [6, 6.07) is 0. The van der Waals surface area contributed by atoms with Crippen molar-refractivity contribution in [1.29, 1.82) is 0 Å². The van der Waals surface area contributed by atoms with E-state index in [4.69, 9.17) is 0 Å². The van der Waals surface area contributed by atoms with Crippen LogP contribution in [0.5, 0.6) is 0 Å². The molecule has 1 heteroatoms. The number of hydrogen-bond acceptors (Lipinski definition) is 1. The molecule has 0 saturated heterocycles. The monoisotopic (exact) mass is 182 g/mol. The average molecular weight is 182 g/mol. The molecular weight excluding hydrogens is 160 g/mol. The molecule has 0 spiro atoms. The Hall–Kier alpha value is -0.0400. The number of fused-ring (bicyclic) bond motifs is 3. The van der Waals surface area contributed by atoms with Gasteiger partial charge in [0.05, 0.1) is 6.10 Å². The smallest absolute Gasteiger partial charge is 0.0594 e. The summed E-state index contributed by atoms with van der Waals surface area (Å²) in [6.45, 7) is 4.29. The average Bonchev–Trinajstić information content (AvgIpc) is 2.18. The van der Waals surface area contributed by atoms with E-state index in [9.17, 15) is 5.11 Å². The predicted molar refractivity (Wildman–Crippen MR) is 54.4 cm³/mol. The van der Waals surface area contributed by atoms with E-state index in [1.54, 1.807) is 0 Å². The van der Waals surface area contributed by atoms with Gasteiger partial charge in [0.15, 0.2) is 0 Å². The van der Waals surface area contributed by atoms with Crippen LogP contribution in [0, 0.1) is 23.7 Å². The molecule has 3 aliphatic rings. The Morgan fingerprint density at radius 2 is 1.69 bits per heavy atom. The maximum absolute atomic E-state index is 10.1. The highest BCUT2D eigenvalue weighted by molar-refractivity contribution is 4.90. The van der Waals surface area contributed by atoms with Crippen LogP contribution in [0.1, 0.15) is 46.0 Å². The van der Waals surface area contributed by atoms with Crippen molar-refractivity contribution in [1.82, 2.24) is 0 Å². The Labute approximate surface area is 81.5 Å². The quantitative estimate of drug-likeness (QED) is 0.696. The van der Waals surface area contributed by atoms with Crippen LogP contribution in [0.25, 0.3) is 0 Å². The highest BCUT2D eigenvalue weighted by atomic mass is 16.3. The molecule has 13 heavy (non-hydrogen) atoms. The minimum atomic E-state index is -0.0342. The topological polar surface area (TPSA) is 20.2 Å². The predicted octanol–water partition coefficient (Wildman–Crippen LogP) is 2.83. The second kappa shape index (κ2) is 3.61. The fourth-order valence-corrected chi connectivity index (χ4v) is 3.34. The lowest BCUT2D eigenvalue weighted by molar-refractivity contribution is -0.0260. The molecule has 3 aliphatic carbocycles. The van der Waals surface area contributed by atoms with Crippen molar-refractivity contribution in [3.8, 4) is 0 Å². The second-order valence-electron chi connectivity index (χ2n) is 5.41. The van der Waals surface area contributed by atoms with Crippen molar-refractivity contribution >= 4 is 0 Å². The van der Waals surface area contributed by atoms with E-state index in [1.165, 1.54) is 32.1 Å². The fraction of sp³-hybridized carbons (Fsp3) is 1.00. The van der Waals surface area contributed by atoms with E-state index >= 15 is 0 Å². The molecule has 0 radical (unpaired) electrons. The molecule has 3 fully saturated rings. The first-order valence-corrected chi connectivity index (χ1v) is 5.86. The molecule has 2 bridgehead atoms. The van der Waals surface area contributed by atoms with Crippen molar-refractivity contribution in [2.75, 3.05) is 0 Å². The first-order valence-electron chi connectivity index (χ1n) is 5.86. The molecule has 2 atom stereocenters. The molecule has 0 aliphatic heterocycles. The molecule has 0 heterocycles. The summed E-state index contributed by atoms with van der Waals surface area (Å²) in [4.78, 5) is 0. The fourth-order valence-electron chi connectivity index (χ4n) is 3.34. The van der Waals surface area contributed by atoms with Crippen LogP contribution in [0.4, 0.5) is 0 Å². The minimum Gasteiger partial charge on any atom is -0.393 e. The van der Waals surface area contributed by atoms with Crippen LogP contribution in [0.15, 0.2) is 0 Å². The zero-order valence-electron chi connectivity index (χ0n) is 8.87. The van der Waals surface area contributed by atoms with Gasteiger partial charge >= 0.3 is 0 Å². The van der Waals surface area contributed by atoms with Crippen molar-refractivity contribution in [3.63, 3.8) is 0 Å². The van der Waals surface area contributed by atoms with Crippen LogP contribution in [-0.4, -0.2) is 11.2 Å². The van der Waals surface area contributed by atoms with E-state index in [2.05, 4.69) is 13.8 Å². The Bertz CT molecular complexity index is 166. The van der Waals surface area contributed by atoms with E-state index in [0.717, 1.165) is 11.8 Å². The van der Waals surface area contributed by atoms with Crippen LogP contribution in [0.3, 0.4) is 0 Å². The summed E-state index contributed by atoms with van der Waals surface area (Å²) in [6.07, 6.45) is 6.92. The third kappa shape index (κ3) is 1.76. The molecule has 0 aromatic rings. The SMILES string of the molecule is CC(C)C(O)C1CC2CCC1CC2. The van der Waals surface area contributed by atoms with Gasteiger partial charge in [-0.15, -0.1) is 0 Å². The summed E-state index contributed by atoms with van der Waals surface area (Å²) in [5, 5.41) is 10.1.